The number of rotatable bonds is 10. The summed E-state index contributed by atoms with van der Waals surface area (Å²) in [6.07, 6.45) is 10.4. The maximum atomic E-state index is 13.0. The summed E-state index contributed by atoms with van der Waals surface area (Å²) in [5.74, 6) is 0.947. The van der Waals surface area contributed by atoms with Crippen molar-refractivity contribution < 1.29 is 9.59 Å². The molecule has 0 bridgehead atoms. The average molecular weight is 381 g/mol. The fourth-order valence-corrected chi connectivity index (χ4v) is 4.74. The van der Waals surface area contributed by atoms with Crippen molar-refractivity contribution in [3.05, 3.63) is 64.7 Å². The number of ketones is 2. The Morgan fingerprint density at radius 1 is 0.667 bits per heavy atom. The molecule has 0 spiro atoms. The summed E-state index contributed by atoms with van der Waals surface area (Å²) in [6.45, 7) is 2.25. The van der Waals surface area contributed by atoms with Gasteiger partial charge in [0.25, 0.3) is 0 Å². The van der Waals surface area contributed by atoms with E-state index in [0.717, 1.165) is 17.1 Å². The lowest BCUT2D eigenvalue weighted by molar-refractivity contribution is 0.0977. The number of benzene rings is 2. The van der Waals surface area contributed by atoms with E-state index >= 15 is 0 Å². The number of unbranched alkanes of at least 4 members (excludes halogenated alkanes) is 7. The summed E-state index contributed by atoms with van der Waals surface area (Å²) in [7, 11) is 0. The Morgan fingerprint density at radius 3 is 1.96 bits per heavy atom. The monoisotopic (exact) mass is 380 g/mol. The number of carbonyl (C=O) groups is 2. The highest BCUT2D eigenvalue weighted by atomic mass is 32.2. The number of hydrogen-bond donors (Lipinski definition) is 0. The molecule has 0 radical (unpaired) electrons. The van der Waals surface area contributed by atoms with Crippen molar-refractivity contribution in [2.24, 2.45) is 0 Å². The van der Waals surface area contributed by atoms with Crippen molar-refractivity contribution in [1.29, 1.82) is 0 Å². The summed E-state index contributed by atoms with van der Waals surface area (Å²) in [4.78, 5) is 26.7. The number of thioether (sulfide) groups is 1. The number of hydrogen-bond acceptors (Lipinski definition) is 3. The minimum absolute atomic E-state index is 0.0146. The first-order valence-electron chi connectivity index (χ1n) is 10.2. The third kappa shape index (κ3) is 4.70. The van der Waals surface area contributed by atoms with E-state index in [1.54, 1.807) is 30.0 Å². The fourth-order valence-electron chi connectivity index (χ4n) is 3.65. The van der Waals surface area contributed by atoms with Gasteiger partial charge in [-0.15, -0.1) is 11.8 Å². The molecule has 0 saturated carbocycles. The van der Waals surface area contributed by atoms with Gasteiger partial charge in [0, 0.05) is 27.1 Å². The van der Waals surface area contributed by atoms with Crippen molar-refractivity contribution in [2.75, 3.05) is 5.75 Å². The number of carbonyl (C=O) groups excluding carboxylic acids is 2. The molecule has 27 heavy (non-hydrogen) atoms. The Bertz CT molecular complexity index is 810. The van der Waals surface area contributed by atoms with Crippen LogP contribution in [0.2, 0.25) is 0 Å². The zero-order chi connectivity index (χ0) is 19.1. The lowest BCUT2D eigenvalue weighted by Gasteiger charge is -2.19. The molecule has 0 aliphatic heterocycles. The molecule has 3 heteroatoms. The van der Waals surface area contributed by atoms with Gasteiger partial charge in [-0.05, 0) is 18.2 Å². The molecule has 2 aromatic carbocycles. The maximum Gasteiger partial charge on any atom is 0.195 e. The predicted octanol–water partition coefficient (Wildman–Crippen LogP) is 6.69. The minimum Gasteiger partial charge on any atom is -0.289 e. The van der Waals surface area contributed by atoms with E-state index in [1.807, 2.05) is 24.3 Å². The first kappa shape index (κ1) is 19.9. The van der Waals surface area contributed by atoms with Crippen molar-refractivity contribution >= 4 is 23.3 Å². The third-order valence-electron chi connectivity index (χ3n) is 5.17. The van der Waals surface area contributed by atoms with E-state index in [0.29, 0.717) is 22.3 Å². The van der Waals surface area contributed by atoms with Gasteiger partial charge >= 0.3 is 0 Å². The Balaban J connectivity index is 1.58. The van der Waals surface area contributed by atoms with E-state index in [9.17, 15) is 9.59 Å². The second-order valence-corrected chi connectivity index (χ2v) is 8.34. The predicted molar refractivity (Wildman–Crippen MR) is 113 cm³/mol. The van der Waals surface area contributed by atoms with Crippen molar-refractivity contribution in [2.45, 2.75) is 63.2 Å². The van der Waals surface area contributed by atoms with E-state index < -0.39 is 0 Å². The second-order valence-electron chi connectivity index (χ2n) is 7.21. The smallest absolute Gasteiger partial charge is 0.195 e. The summed E-state index contributed by atoms with van der Waals surface area (Å²) in [5.41, 5.74) is 2.22. The highest BCUT2D eigenvalue weighted by Gasteiger charge is 2.31. The molecule has 1 aliphatic rings. The minimum atomic E-state index is -0.0327. The van der Waals surface area contributed by atoms with Crippen LogP contribution in [0.5, 0.6) is 0 Å². The lowest BCUT2D eigenvalue weighted by atomic mass is 9.84. The maximum absolute atomic E-state index is 13.0. The fraction of sp³-hybridized carbons (Fsp3) is 0.417. The highest BCUT2D eigenvalue weighted by molar-refractivity contribution is 7.99. The van der Waals surface area contributed by atoms with E-state index in [4.69, 9.17) is 0 Å². The second kappa shape index (κ2) is 9.89. The van der Waals surface area contributed by atoms with Gasteiger partial charge in [-0.1, -0.05) is 88.3 Å². The van der Waals surface area contributed by atoms with Gasteiger partial charge in [-0.3, -0.25) is 9.59 Å². The molecule has 0 N–H and O–H groups in total. The molecule has 0 fully saturated rings. The molecule has 0 heterocycles. The molecule has 2 aromatic rings. The van der Waals surface area contributed by atoms with E-state index in [2.05, 4.69) is 6.92 Å². The van der Waals surface area contributed by atoms with Crippen LogP contribution in [0, 0.1) is 0 Å². The Kier molecular flexibility index (Phi) is 7.28. The zero-order valence-electron chi connectivity index (χ0n) is 16.1. The van der Waals surface area contributed by atoms with Gasteiger partial charge in [0.2, 0.25) is 0 Å². The van der Waals surface area contributed by atoms with Gasteiger partial charge in [-0.25, -0.2) is 0 Å². The molecule has 2 nitrogen and oxygen atoms in total. The molecular weight excluding hydrogens is 352 g/mol. The van der Waals surface area contributed by atoms with E-state index in [-0.39, 0.29) is 11.6 Å². The summed E-state index contributed by atoms with van der Waals surface area (Å²) < 4.78 is 0. The van der Waals surface area contributed by atoms with Crippen LogP contribution in [0.15, 0.2) is 47.4 Å². The first-order chi connectivity index (χ1) is 13.2. The quantitative estimate of drug-likeness (QED) is 0.290. The van der Waals surface area contributed by atoms with Crippen LogP contribution in [-0.2, 0) is 0 Å². The van der Waals surface area contributed by atoms with Gasteiger partial charge in [0.05, 0.1) is 0 Å². The highest BCUT2D eigenvalue weighted by Crippen LogP contribution is 2.34. The molecule has 1 aliphatic carbocycles. The van der Waals surface area contributed by atoms with Crippen LogP contribution in [0.3, 0.4) is 0 Å². The number of fused-ring (bicyclic) bond motifs is 2. The Morgan fingerprint density at radius 2 is 1.26 bits per heavy atom. The molecule has 0 atom stereocenters. The van der Waals surface area contributed by atoms with Gasteiger partial charge < -0.3 is 0 Å². The summed E-state index contributed by atoms with van der Waals surface area (Å²) in [5, 5.41) is 0. The van der Waals surface area contributed by atoms with Crippen LogP contribution in [-0.4, -0.2) is 17.3 Å². The van der Waals surface area contributed by atoms with Crippen molar-refractivity contribution in [3.8, 4) is 0 Å². The van der Waals surface area contributed by atoms with Crippen LogP contribution >= 0.6 is 11.8 Å². The SMILES string of the molecule is CCCCCCCCCCSc1cccc2c1C(=O)c1ccccc1C2=O. The van der Waals surface area contributed by atoms with Gasteiger partial charge in [0.15, 0.2) is 11.6 Å². The van der Waals surface area contributed by atoms with Crippen LogP contribution in [0.4, 0.5) is 0 Å². The third-order valence-corrected chi connectivity index (χ3v) is 6.31. The van der Waals surface area contributed by atoms with Crippen LogP contribution in [0.1, 0.15) is 90.1 Å². The molecule has 0 amide bonds. The molecule has 3 rings (SSSR count). The summed E-state index contributed by atoms with van der Waals surface area (Å²) in [6, 6.07) is 12.8. The Hall–Kier alpha value is -1.87. The molecule has 0 aromatic heterocycles. The summed E-state index contributed by atoms with van der Waals surface area (Å²) >= 11 is 1.71. The van der Waals surface area contributed by atoms with Crippen molar-refractivity contribution in [3.63, 3.8) is 0 Å². The first-order valence-corrected chi connectivity index (χ1v) is 11.2. The van der Waals surface area contributed by atoms with Crippen molar-refractivity contribution in [1.82, 2.24) is 0 Å². The average Bonchev–Trinajstić information content (AvgIpc) is 2.70. The Labute approximate surface area is 166 Å². The van der Waals surface area contributed by atoms with Gasteiger partial charge in [0.1, 0.15) is 0 Å². The normalized spacial score (nSPS) is 12.8. The molecule has 0 unspecified atom stereocenters. The lowest BCUT2D eigenvalue weighted by Crippen LogP contribution is -2.21. The van der Waals surface area contributed by atoms with Crippen LogP contribution in [0.25, 0.3) is 0 Å². The van der Waals surface area contributed by atoms with Crippen LogP contribution < -0.4 is 0 Å². The largest absolute Gasteiger partial charge is 0.289 e. The molecular formula is C24H28O2S. The van der Waals surface area contributed by atoms with E-state index in [1.165, 1.54) is 44.9 Å². The molecule has 0 saturated heterocycles. The standard InChI is InChI=1S/C24H28O2S/c1-2-3-4-5-6-7-8-11-17-27-21-16-12-15-20-22(21)24(26)19-14-10-9-13-18(19)23(20)25/h9-10,12-16H,2-8,11,17H2,1H3. The zero-order valence-corrected chi connectivity index (χ0v) is 16.9. The molecule has 142 valence electrons. The topological polar surface area (TPSA) is 34.1 Å². The van der Waals surface area contributed by atoms with Gasteiger partial charge in [-0.2, -0.15) is 0 Å².